The summed E-state index contributed by atoms with van der Waals surface area (Å²) in [6.07, 6.45) is 0. The molecule has 3 amide bonds. The van der Waals surface area contributed by atoms with Crippen LogP contribution in [-0.4, -0.2) is 67.6 Å². The number of carbonyl (C=O) groups is 2. The minimum Gasteiger partial charge on any atom is -0.492 e. The first-order chi connectivity index (χ1) is 14.2. The first-order valence-electron chi connectivity index (χ1n) is 9.94. The van der Waals surface area contributed by atoms with Crippen LogP contribution in [0.4, 0.5) is 4.79 Å². The van der Waals surface area contributed by atoms with Gasteiger partial charge in [0.1, 0.15) is 12.4 Å². The highest BCUT2D eigenvalue weighted by Crippen LogP contribution is 2.08. The van der Waals surface area contributed by atoms with Crippen LogP contribution in [0.15, 0.2) is 60.7 Å². The van der Waals surface area contributed by atoms with Gasteiger partial charge in [-0.25, -0.2) is 4.79 Å². The van der Waals surface area contributed by atoms with Crippen LogP contribution < -0.4 is 15.4 Å². The molecule has 1 fully saturated rings. The van der Waals surface area contributed by atoms with Crippen LogP contribution in [0.5, 0.6) is 5.75 Å². The Morgan fingerprint density at radius 2 is 1.52 bits per heavy atom. The van der Waals surface area contributed by atoms with Crippen molar-refractivity contribution in [2.45, 2.75) is 6.54 Å². The normalized spacial score (nSPS) is 14.3. The summed E-state index contributed by atoms with van der Waals surface area (Å²) in [5.74, 6) is 0.818. The molecule has 0 aliphatic carbocycles. The van der Waals surface area contributed by atoms with E-state index >= 15 is 0 Å². The molecule has 0 spiro atoms. The molecule has 2 aromatic carbocycles. The predicted octanol–water partition coefficient (Wildman–Crippen LogP) is 1.71. The smallest absolute Gasteiger partial charge is 0.315 e. The zero-order valence-electron chi connectivity index (χ0n) is 16.5. The number of benzene rings is 2. The van der Waals surface area contributed by atoms with Crippen LogP contribution >= 0.6 is 0 Å². The van der Waals surface area contributed by atoms with Gasteiger partial charge in [-0.05, 0) is 17.7 Å². The lowest BCUT2D eigenvalue weighted by Gasteiger charge is -2.34. The maximum absolute atomic E-state index is 12.3. The lowest BCUT2D eigenvalue weighted by atomic mass is 10.2. The molecular weight excluding hydrogens is 368 g/mol. The molecule has 0 radical (unpaired) electrons. The standard InChI is InChI=1S/C22H28N4O3/c27-21(18-24-22(28)23-17-19-7-3-1-4-8-19)26-13-11-25(12-14-26)15-16-29-20-9-5-2-6-10-20/h1-10H,11-18H2,(H2,23,24,28). The van der Waals surface area contributed by atoms with Crippen LogP contribution in [-0.2, 0) is 11.3 Å². The van der Waals surface area contributed by atoms with E-state index in [1.165, 1.54) is 0 Å². The van der Waals surface area contributed by atoms with Crippen LogP contribution in [0.3, 0.4) is 0 Å². The van der Waals surface area contributed by atoms with Crippen molar-refractivity contribution in [3.8, 4) is 5.75 Å². The molecule has 0 unspecified atom stereocenters. The maximum Gasteiger partial charge on any atom is 0.315 e. The number of urea groups is 1. The topological polar surface area (TPSA) is 73.9 Å². The summed E-state index contributed by atoms with van der Waals surface area (Å²) in [5.41, 5.74) is 1.02. The van der Waals surface area contributed by atoms with Gasteiger partial charge in [0.2, 0.25) is 5.91 Å². The molecule has 29 heavy (non-hydrogen) atoms. The second-order valence-electron chi connectivity index (χ2n) is 6.91. The molecule has 1 heterocycles. The van der Waals surface area contributed by atoms with Gasteiger partial charge in [-0.2, -0.15) is 0 Å². The number of rotatable bonds is 8. The minimum atomic E-state index is -0.334. The van der Waals surface area contributed by atoms with Gasteiger partial charge in [0.05, 0.1) is 6.54 Å². The Morgan fingerprint density at radius 3 is 2.21 bits per heavy atom. The third-order valence-electron chi connectivity index (χ3n) is 4.84. The number of hydrogen-bond acceptors (Lipinski definition) is 4. The Balaban J connectivity index is 1.28. The lowest BCUT2D eigenvalue weighted by molar-refractivity contribution is -0.131. The average molecular weight is 396 g/mol. The quantitative estimate of drug-likeness (QED) is 0.713. The number of hydrogen-bond donors (Lipinski definition) is 2. The van der Waals surface area contributed by atoms with E-state index in [9.17, 15) is 9.59 Å². The van der Waals surface area contributed by atoms with Gasteiger partial charge in [-0.1, -0.05) is 48.5 Å². The van der Waals surface area contributed by atoms with Crippen molar-refractivity contribution in [3.63, 3.8) is 0 Å². The second-order valence-corrected chi connectivity index (χ2v) is 6.91. The fourth-order valence-electron chi connectivity index (χ4n) is 3.14. The molecule has 154 valence electrons. The highest BCUT2D eigenvalue weighted by molar-refractivity contribution is 5.84. The molecule has 2 N–H and O–H groups in total. The van der Waals surface area contributed by atoms with Gasteiger partial charge in [0.15, 0.2) is 0 Å². The molecule has 1 aliphatic heterocycles. The van der Waals surface area contributed by atoms with E-state index in [0.717, 1.165) is 30.9 Å². The van der Waals surface area contributed by atoms with Crippen LogP contribution in [0.1, 0.15) is 5.56 Å². The van der Waals surface area contributed by atoms with Crippen molar-refractivity contribution in [1.29, 1.82) is 0 Å². The molecule has 3 rings (SSSR count). The molecule has 0 bridgehead atoms. The third-order valence-corrected chi connectivity index (χ3v) is 4.84. The summed E-state index contributed by atoms with van der Waals surface area (Å²) in [4.78, 5) is 28.3. The summed E-state index contributed by atoms with van der Waals surface area (Å²) in [5, 5.41) is 5.40. The zero-order valence-corrected chi connectivity index (χ0v) is 16.5. The fourth-order valence-corrected chi connectivity index (χ4v) is 3.14. The highest BCUT2D eigenvalue weighted by atomic mass is 16.5. The Bertz CT molecular complexity index is 762. The van der Waals surface area contributed by atoms with Gasteiger partial charge >= 0.3 is 6.03 Å². The summed E-state index contributed by atoms with van der Waals surface area (Å²) < 4.78 is 5.73. The number of ether oxygens (including phenoxy) is 1. The molecule has 7 heteroatoms. The summed E-state index contributed by atoms with van der Waals surface area (Å²) in [6, 6.07) is 19.1. The van der Waals surface area contributed by atoms with Crippen molar-refractivity contribution in [1.82, 2.24) is 20.4 Å². The van der Waals surface area contributed by atoms with Crippen molar-refractivity contribution in [2.24, 2.45) is 0 Å². The van der Waals surface area contributed by atoms with Crippen molar-refractivity contribution >= 4 is 11.9 Å². The van der Waals surface area contributed by atoms with E-state index in [0.29, 0.717) is 26.2 Å². The summed E-state index contributed by atoms with van der Waals surface area (Å²) in [6.45, 7) is 4.85. The molecule has 2 aromatic rings. The second kappa shape index (κ2) is 11.1. The number of amides is 3. The molecule has 0 saturated carbocycles. The van der Waals surface area contributed by atoms with Gasteiger partial charge < -0.3 is 20.3 Å². The number of piperazine rings is 1. The summed E-state index contributed by atoms with van der Waals surface area (Å²) in [7, 11) is 0. The predicted molar refractivity (Wildman–Crippen MR) is 112 cm³/mol. The number of nitrogens with zero attached hydrogens (tertiary/aromatic N) is 2. The van der Waals surface area contributed by atoms with E-state index in [2.05, 4.69) is 15.5 Å². The molecule has 1 aliphatic rings. The van der Waals surface area contributed by atoms with Crippen LogP contribution in [0, 0.1) is 0 Å². The minimum absolute atomic E-state index is 0.0116. The van der Waals surface area contributed by atoms with E-state index in [1.807, 2.05) is 60.7 Å². The Kier molecular flexibility index (Phi) is 7.89. The van der Waals surface area contributed by atoms with Crippen LogP contribution in [0.2, 0.25) is 0 Å². The first kappa shape index (κ1) is 20.7. The molecule has 0 aromatic heterocycles. The Labute approximate surface area is 171 Å². The molecule has 1 saturated heterocycles. The first-order valence-corrected chi connectivity index (χ1v) is 9.94. The average Bonchev–Trinajstić information content (AvgIpc) is 2.78. The van der Waals surface area contributed by atoms with Crippen molar-refractivity contribution in [2.75, 3.05) is 45.9 Å². The van der Waals surface area contributed by atoms with E-state index in [1.54, 1.807) is 4.90 Å². The highest BCUT2D eigenvalue weighted by Gasteiger charge is 2.21. The number of nitrogens with one attached hydrogen (secondary N) is 2. The SMILES string of the molecule is O=C(NCC(=O)N1CCN(CCOc2ccccc2)CC1)NCc1ccccc1. The third kappa shape index (κ3) is 7.12. The fraction of sp³-hybridized carbons (Fsp3) is 0.364. The molecular formula is C22H28N4O3. The monoisotopic (exact) mass is 396 g/mol. The summed E-state index contributed by atoms with van der Waals surface area (Å²) >= 11 is 0. The number of para-hydroxylation sites is 1. The van der Waals surface area contributed by atoms with Gasteiger partial charge in [0, 0.05) is 39.3 Å². The molecule has 7 nitrogen and oxygen atoms in total. The van der Waals surface area contributed by atoms with Crippen molar-refractivity contribution in [3.05, 3.63) is 66.2 Å². The van der Waals surface area contributed by atoms with Gasteiger partial charge in [-0.15, -0.1) is 0 Å². The van der Waals surface area contributed by atoms with E-state index in [4.69, 9.17) is 4.74 Å². The lowest BCUT2D eigenvalue weighted by Crippen LogP contribution is -2.52. The van der Waals surface area contributed by atoms with Crippen molar-refractivity contribution < 1.29 is 14.3 Å². The van der Waals surface area contributed by atoms with Crippen LogP contribution in [0.25, 0.3) is 0 Å². The zero-order chi connectivity index (χ0) is 20.3. The van der Waals surface area contributed by atoms with Gasteiger partial charge in [0.25, 0.3) is 0 Å². The van der Waals surface area contributed by atoms with E-state index in [-0.39, 0.29) is 18.5 Å². The Hall–Kier alpha value is -3.06. The van der Waals surface area contributed by atoms with E-state index < -0.39 is 0 Å². The largest absolute Gasteiger partial charge is 0.492 e. The molecule has 0 atom stereocenters. The number of carbonyl (C=O) groups excluding carboxylic acids is 2. The maximum atomic E-state index is 12.3. The van der Waals surface area contributed by atoms with Gasteiger partial charge in [-0.3, -0.25) is 9.69 Å². The Morgan fingerprint density at radius 1 is 0.862 bits per heavy atom.